The molecule has 8 nitrogen and oxygen atoms in total. The SMILES string of the molecule is COc1ccc(-c2nnc3n2N=C(c2cc4cccc(OC)c4oc2=O)CS3)cc1. The maximum absolute atomic E-state index is 12.7. The summed E-state index contributed by atoms with van der Waals surface area (Å²) in [6.07, 6.45) is 0. The monoisotopic (exact) mass is 420 g/mol. The van der Waals surface area contributed by atoms with Crippen LogP contribution in [0.15, 0.2) is 68.0 Å². The number of hydrogen-bond acceptors (Lipinski definition) is 8. The molecule has 0 N–H and O–H groups in total. The van der Waals surface area contributed by atoms with Gasteiger partial charge in [-0.1, -0.05) is 23.9 Å². The van der Waals surface area contributed by atoms with Gasteiger partial charge in [-0.15, -0.1) is 10.2 Å². The Kier molecular flexibility index (Phi) is 4.51. The first kappa shape index (κ1) is 18.4. The molecule has 4 aromatic rings. The van der Waals surface area contributed by atoms with Gasteiger partial charge in [0.2, 0.25) is 5.16 Å². The molecular formula is C21H16N4O4S. The molecule has 0 radical (unpaired) electrons. The number of benzene rings is 2. The van der Waals surface area contributed by atoms with E-state index in [1.54, 1.807) is 31.0 Å². The van der Waals surface area contributed by atoms with Crippen LogP contribution in [0, 0.1) is 0 Å². The van der Waals surface area contributed by atoms with Gasteiger partial charge in [0.15, 0.2) is 17.2 Å². The fourth-order valence-corrected chi connectivity index (χ4v) is 4.09. The summed E-state index contributed by atoms with van der Waals surface area (Å²) in [7, 11) is 3.16. The lowest BCUT2D eigenvalue weighted by atomic mass is 10.1. The van der Waals surface area contributed by atoms with Gasteiger partial charge in [-0.2, -0.15) is 9.78 Å². The highest BCUT2D eigenvalue weighted by molar-refractivity contribution is 7.99. The second-order valence-electron chi connectivity index (χ2n) is 6.51. The Bertz CT molecular complexity index is 1340. The van der Waals surface area contributed by atoms with E-state index in [0.29, 0.717) is 39.3 Å². The van der Waals surface area contributed by atoms with Gasteiger partial charge in [0.05, 0.1) is 25.5 Å². The number of nitrogens with zero attached hydrogens (tertiary/aromatic N) is 4. The van der Waals surface area contributed by atoms with Crippen LogP contribution in [-0.4, -0.2) is 40.6 Å². The van der Waals surface area contributed by atoms with Gasteiger partial charge in [-0.3, -0.25) is 0 Å². The number of methoxy groups -OCH3 is 2. The number of hydrogen-bond donors (Lipinski definition) is 0. The largest absolute Gasteiger partial charge is 0.497 e. The van der Waals surface area contributed by atoms with E-state index in [-0.39, 0.29) is 0 Å². The van der Waals surface area contributed by atoms with Crippen LogP contribution in [0.1, 0.15) is 5.56 Å². The molecular weight excluding hydrogens is 404 g/mol. The topological polar surface area (TPSA) is 91.7 Å². The maximum atomic E-state index is 12.7. The Labute approximate surface area is 175 Å². The fourth-order valence-electron chi connectivity index (χ4n) is 3.26. The molecule has 1 aliphatic rings. The Morgan fingerprint density at radius 1 is 1.07 bits per heavy atom. The number of para-hydroxylation sites is 1. The van der Waals surface area contributed by atoms with Crippen molar-refractivity contribution in [2.45, 2.75) is 5.16 Å². The first-order valence-electron chi connectivity index (χ1n) is 9.09. The third kappa shape index (κ3) is 3.03. The zero-order chi connectivity index (χ0) is 20.7. The molecule has 150 valence electrons. The predicted octanol–water partition coefficient (Wildman–Crippen LogP) is 3.43. The van der Waals surface area contributed by atoms with E-state index in [1.165, 1.54) is 11.8 Å². The lowest BCUT2D eigenvalue weighted by molar-refractivity contribution is 0.406. The minimum Gasteiger partial charge on any atom is -0.497 e. The molecule has 30 heavy (non-hydrogen) atoms. The lowest BCUT2D eigenvalue weighted by Crippen LogP contribution is -2.21. The summed E-state index contributed by atoms with van der Waals surface area (Å²) >= 11 is 1.47. The smallest absolute Gasteiger partial charge is 0.345 e. The molecule has 9 heteroatoms. The van der Waals surface area contributed by atoms with Gasteiger partial charge in [0.1, 0.15) is 5.75 Å². The Morgan fingerprint density at radius 2 is 1.90 bits per heavy atom. The minimum absolute atomic E-state index is 0.406. The van der Waals surface area contributed by atoms with Crippen molar-refractivity contribution in [3.63, 3.8) is 0 Å². The summed E-state index contributed by atoms with van der Waals surface area (Å²) in [5.74, 6) is 2.34. The molecule has 0 saturated carbocycles. The molecule has 0 bridgehead atoms. The molecule has 0 spiro atoms. The lowest BCUT2D eigenvalue weighted by Gasteiger charge is -2.14. The molecule has 3 heterocycles. The normalized spacial score (nSPS) is 13.1. The molecule has 0 unspecified atom stereocenters. The second-order valence-corrected chi connectivity index (χ2v) is 7.45. The van der Waals surface area contributed by atoms with Crippen molar-refractivity contribution >= 4 is 28.4 Å². The molecule has 1 aliphatic heterocycles. The summed E-state index contributed by atoms with van der Waals surface area (Å²) in [6.45, 7) is 0. The third-order valence-electron chi connectivity index (χ3n) is 4.77. The summed E-state index contributed by atoms with van der Waals surface area (Å²) in [5, 5.41) is 14.6. The molecule has 5 rings (SSSR count). The van der Waals surface area contributed by atoms with Crippen molar-refractivity contribution in [1.82, 2.24) is 14.9 Å². The first-order chi connectivity index (χ1) is 14.7. The average molecular weight is 420 g/mol. The van der Waals surface area contributed by atoms with Crippen molar-refractivity contribution < 1.29 is 13.9 Å². The van der Waals surface area contributed by atoms with Crippen molar-refractivity contribution in [1.29, 1.82) is 0 Å². The van der Waals surface area contributed by atoms with Crippen LogP contribution >= 0.6 is 11.8 Å². The van der Waals surface area contributed by atoms with Gasteiger partial charge in [0, 0.05) is 16.7 Å². The number of aromatic nitrogens is 3. The molecule has 0 atom stereocenters. The average Bonchev–Trinajstić information content (AvgIpc) is 3.21. The van der Waals surface area contributed by atoms with Crippen molar-refractivity contribution in [2.24, 2.45) is 5.10 Å². The number of thioether (sulfide) groups is 1. The summed E-state index contributed by atoms with van der Waals surface area (Å²) in [6, 6.07) is 14.7. The molecule has 2 aromatic carbocycles. The Hall–Kier alpha value is -3.59. The highest BCUT2D eigenvalue weighted by atomic mass is 32.2. The molecule has 0 aliphatic carbocycles. The van der Waals surface area contributed by atoms with Crippen LogP contribution in [0.3, 0.4) is 0 Å². The Morgan fingerprint density at radius 3 is 2.67 bits per heavy atom. The number of rotatable bonds is 4. The zero-order valence-corrected chi connectivity index (χ0v) is 17.0. The van der Waals surface area contributed by atoms with E-state index in [4.69, 9.17) is 13.9 Å². The van der Waals surface area contributed by atoms with Crippen molar-refractivity contribution in [2.75, 3.05) is 20.0 Å². The maximum Gasteiger partial charge on any atom is 0.345 e. The van der Waals surface area contributed by atoms with Crippen LogP contribution in [0.25, 0.3) is 22.4 Å². The van der Waals surface area contributed by atoms with Crippen LogP contribution < -0.4 is 15.1 Å². The van der Waals surface area contributed by atoms with Crippen molar-refractivity contribution in [3.8, 4) is 22.9 Å². The standard InChI is InChI=1S/C21H16N4O4S/c1-27-14-8-6-12(7-9-14)19-22-23-21-25(19)24-16(11-30-21)15-10-13-4-3-5-17(28-2)18(13)29-20(15)26/h3-10H,11H2,1-2H3. The summed E-state index contributed by atoms with van der Waals surface area (Å²) < 4.78 is 17.7. The zero-order valence-electron chi connectivity index (χ0n) is 16.2. The van der Waals surface area contributed by atoms with Crippen LogP contribution in [0.4, 0.5) is 0 Å². The molecule has 0 fully saturated rings. The van der Waals surface area contributed by atoms with Crippen LogP contribution in [-0.2, 0) is 0 Å². The fraction of sp³-hybridized carbons (Fsp3) is 0.143. The number of ether oxygens (including phenoxy) is 2. The van der Waals surface area contributed by atoms with Gasteiger partial charge < -0.3 is 13.9 Å². The highest BCUT2D eigenvalue weighted by Crippen LogP contribution is 2.30. The molecule has 0 amide bonds. The van der Waals surface area contributed by atoms with E-state index in [1.807, 2.05) is 36.4 Å². The van der Waals surface area contributed by atoms with E-state index >= 15 is 0 Å². The minimum atomic E-state index is -0.464. The Balaban J connectivity index is 1.61. The second kappa shape index (κ2) is 7.34. The molecule has 2 aromatic heterocycles. The highest BCUT2D eigenvalue weighted by Gasteiger charge is 2.23. The van der Waals surface area contributed by atoms with Gasteiger partial charge >= 0.3 is 5.63 Å². The molecule has 0 saturated heterocycles. The number of fused-ring (bicyclic) bond motifs is 2. The third-order valence-corrected chi connectivity index (χ3v) is 5.70. The van der Waals surface area contributed by atoms with E-state index in [2.05, 4.69) is 15.3 Å². The van der Waals surface area contributed by atoms with E-state index < -0.39 is 5.63 Å². The van der Waals surface area contributed by atoms with Crippen LogP contribution in [0.2, 0.25) is 0 Å². The summed E-state index contributed by atoms with van der Waals surface area (Å²) in [5.41, 5.74) is 1.80. The van der Waals surface area contributed by atoms with E-state index in [9.17, 15) is 4.79 Å². The van der Waals surface area contributed by atoms with Gasteiger partial charge in [0.25, 0.3) is 0 Å². The van der Waals surface area contributed by atoms with Crippen molar-refractivity contribution in [3.05, 3.63) is 64.5 Å². The van der Waals surface area contributed by atoms with E-state index in [0.717, 1.165) is 16.7 Å². The quantitative estimate of drug-likeness (QED) is 0.467. The summed E-state index contributed by atoms with van der Waals surface area (Å²) in [4.78, 5) is 12.7. The predicted molar refractivity (Wildman–Crippen MR) is 114 cm³/mol. The van der Waals surface area contributed by atoms with Gasteiger partial charge in [-0.25, -0.2) is 4.79 Å². The first-order valence-corrected chi connectivity index (χ1v) is 10.1. The van der Waals surface area contributed by atoms with Crippen LogP contribution in [0.5, 0.6) is 11.5 Å². The van der Waals surface area contributed by atoms with Gasteiger partial charge in [-0.05, 0) is 36.4 Å².